The monoisotopic (exact) mass is 179 g/mol. The van der Waals surface area contributed by atoms with Gasteiger partial charge in [-0.1, -0.05) is 0 Å². The average molecular weight is 179 g/mol. The van der Waals surface area contributed by atoms with E-state index in [1.807, 2.05) is 0 Å². The van der Waals surface area contributed by atoms with Crippen LogP contribution >= 0.6 is 0 Å². The zero-order valence-corrected chi connectivity index (χ0v) is 7.36. The van der Waals surface area contributed by atoms with Crippen LogP contribution in [-0.2, 0) is 14.8 Å². The van der Waals surface area contributed by atoms with Crippen molar-refractivity contribution in [2.45, 2.75) is 18.1 Å². The van der Waals surface area contributed by atoms with Crippen LogP contribution < -0.4 is 4.72 Å². The first kappa shape index (κ1) is 8.96. The smallest absolute Gasteiger partial charge is 0.214 e. The summed E-state index contributed by atoms with van der Waals surface area (Å²) in [4.78, 5) is 0. The highest BCUT2D eigenvalue weighted by molar-refractivity contribution is 7.90. The topological polar surface area (TPSA) is 55.4 Å². The summed E-state index contributed by atoms with van der Waals surface area (Å²) >= 11 is 0. The molecule has 5 heteroatoms. The fourth-order valence-electron chi connectivity index (χ4n) is 1.18. The standard InChI is InChI=1S/C6H13NO3S/c1-10-5-3-6-2-4-7-11(6,8)9/h6-7H,2-5H2,1H3. The van der Waals surface area contributed by atoms with Crippen LogP contribution in [0.3, 0.4) is 0 Å². The Morgan fingerprint density at radius 2 is 2.36 bits per heavy atom. The maximum absolute atomic E-state index is 11.1. The number of methoxy groups -OCH3 is 1. The summed E-state index contributed by atoms with van der Waals surface area (Å²) < 4.78 is 29.5. The molecule has 4 nitrogen and oxygen atoms in total. The Labute approximate surface area is 67.0 Å². The molecule has 1 atom stereocenters. The van der Waals surface area contributed by atoms with Gasteiger partial charge in [0.25, 0.3) is 0 Å². The van der Waals surface area contributed by atoms with E-state index in [0.717, 1.165) is 0 Å². The minimum absolute atomic E-state index is 0.234. The van der Waals surface area contributed by atoms with Gasteiger partial charge in [-0.15, -0.1) is 0 Å². The van der Waals surface area contributed by atoms with Gasteiger partial charge in [0.15, 0.2) is 0 Å². The number of sulfonamides is 1. The van der Waals surface area contributed by atoms with E-state index in [2.05, 4.69) is 4.72 Å². The van der Waals surface area contributed by atoms with Crippen LogP contribution in [-0.4, -0.2) is 33.9 Å². The van der Waals surface area contributed by atoms with Crippen molar-refractivity contribution in [3.05, 3.63) is 0 Å². The summed E-state index contributed by atoms with van der Waals surface area (Å²) in [5.41, 5.74) is 0. The number of nitrogens with one attached hydrogen (secondary N) is 1. The van der Waals surface area contributed by atoms with Gasteiger partial charge in [0.1, 0.15) is 0 Å². The van der Waals surface area contributed by atoms with Gasteiger partial charge in [-0.2, -0.15) is 0 Å². The van der Waals surface area contributed by atoms with E-state index < -0.39 is 10.0 Å². The third-order valence-corrected chi connectivity index (χ3v) is 3.81. The van der Waals surface area contributed by atoms with E-state index >= 15 is 0 Å². The summed E-state index contributed by atoms with van der Waals surface area (Å²) in [6.45, 7) is 1.10. The lowest BCUT2D eigenvalue weighted by Crippen LogP contribution is -2.24. The van der Waals surface area contributed by atoms with Crippen molar-refractivity contribution in [3.8, 4) is 0 Å². The summed E-state index contributed by atoms with van der Waals surface area (Å²) in [6, 6.07) is 0. The van der Waals surface area contributed by atoms with Gasteiger partial charge < -0.3 is 4.74 Å². The number of ether oxygens (including phenoxy) is 1. The summed E-state index contributed by atoms with van der Waals surface area (Å²) in [6.07, 6.45) is 1.32. The van der Waals surface area contributed by atoms with Crippen molar-refractivity contribution in [2.24, 2.45) is 0 Å². The van der Waals surface area contributed by atoms with Crippen LogP contribution in [0, 0.1) is 0 Å². The molecule has 1 rings (SSSR count). The minimum Gasteiger partial charge on any atom is -0.385 e. The molecule has 1 aliphatic heterocycles. The molecule has 1 fully saturated rings. The average Bonchev–Trinajstić information content (AvgIpc) is 2.25. The summed E-state index contributed by atoms with van der Waals surface area (Å²) in [5.74, 6) is 0. The first-order valence-electron chi connectivity index (χ1n) is 3.64. The lowest BCUT2D eigenvalue weighted by Gasteiger charge is -2.05. The van der Waals surface area contributed by atoms with Crippen LogP contribution in [0.2, 0.25) is 0 Å². The second-order valence-electron chi connectivity index (χ2n) is 2.63. The lowest BCUT2D eigenvalue weighted by atomic mass is 10.2. The van der Waals surface area contributed by atoms with Crippen molar-refractivity contribution in [2.75, 3.05) is 20.3 Å². The maximum atomic E-state index is 11.1. The summed E-state index contributed by atoms with van der Waals surface area (Å²) in [7, 11) is -1.41. The maximum Gasteiger partial charge on any atom is 0.214 e. The fraction of sp³-hybridized carbons (Fsp3) is 1.00. The predicted octanol–water partition coefficient (Wildman–Crippen LogP) is -0.285. The van der Waals surface area contributed by atoms with Crippen LogP contribution in [0.25, 0.3) is 0 Å². The van der Waals surface area contributed by atoms with Gasteiger partial charge in [-0.25, -0.2) is 13.1 Å². The van der Waals surface area contributed by atoms with Gasteiger partial charge in [0, 0.05) is 20.3 Å². The Balaban J connectivity index is 2.45. The van der Waals surface area contributed by atoms with Gasteiger partial charge in [-0.3, -0.25) is 0 Å². The molecular formula is C6H13NO3S. The van der Waals surface area contributed by atoms with Crippen molar-refractivity contribution < 1.29 is 13.2 Å². The zero-order valence-electron chi connectivity index (χ0n) is 6.54. The molecule has 0 aromatic rings. The first-order valence-corrected chi connectivity index (χ1v) is 5.19. The van der Waals surface area contributed by atoms with E-state index in [0.29, 0.717) is 26.0 Å². The second kappa shape index (κ2) is 3.51. The molecule has 1 N–H and O–H groups in total. The number of rotatable bonds is 3. The number of hydrogen-bond acceptors (Lipinski definition) is 3. The third-order valence-electron chi connectivity index (χ3n) is 1.85. The molecule has 0 amide bonds. The summed E-state index contributed by atoms with van der Waals surface area (Å²) in [5, 5.41) is -0.234. The molecule has 0 aliphatic carbocycles. The van der Waals surface area contributed by atoms with E-state index in [9.17, 15) is 8.42 Å². The highest BCUT2D eigenvalue weighted by atomic mass is 32.2. The molecule has 1 aliphatic rings. The first-order chi connectivity index (χ1) is 5.17. The van der Waals surface area contributed by atoms with Crippen LogP contribution in [0.5, 0.6) is 0 Å². The highest BCUT2D eigenvalue weighted by Crippen LogP contribution is 2.14. The Morgan fingerprint density at radius 1 is 1.64 bits per heavy atom. The van der Waals surface area contributed by atoms with Crippen molar-refractivity contribution in [1.29, 1.82) is 0 Å². The zero-order chi connectivity index (χ0) is 8.32. The van der Waals surface area contributed by atoms with Crippen molar-refractivity contribution >= 4 is 10.0 Å². The van der Waals surface area contributed by atoms with E-state index in [1.54, 1.807) is 7.11 Å². The van der Waals surface area contributed by atoms with E-state index in [-0.39, 0.29) is 5.25 Å². The Morgan fingerprint density at radius 3 is 2.82 bits per heavy atom. The van der Waals surface area contributed by atoms with Crippen LogP contribution in [0.15, 0.2) is 0 Å². The van der Waals surface area contributed by atoms with Gasteiger partial charge in [0.05, 0.1) is 5.25 Å². The molecule has 0 aromatic heterocycles. The van der Waals surface area contributed by atoms with E-state index in [1.165, 1.54) is 0 Å². The molecule has 1 heterocycles. The third kappa shape index (κ3) is 2.15. The molecular weight excluding hydrogens is 166 g/mol. The molecule has 11 heavy (non-hydrogen) atoms. The largest absolute Gasteiger partial charge is 0.385 e. The van der Waals surface area contributed by atoms with Crippen LogP contribution in [0.4, 0.5) is 0 Å². The predicted molar refractivity (Wildman–Crippen MR) is 41.8 cm³/mol. The minimum atomic E-state index is -2.99. The Bertz CT molecular complexity index is 212. The normalized spacial score (nSPS) is 29.0. The number of hydrogen-bond donors (Lipinski definition) is 1. The Hall–Kier alpha value is -0.130. The SMILES string of the molecule is COCCC1CCNS1(=O)=O. The molecule has 0 saturated carbocycles. The molecule has 1 saturated heterocycles. The molecule has 0 bridgehead atoms. The van der Waals surface area contributed by atoms with Crippen molar-refractivity contribution in [3.63, 3.8) is 0 Å². The molecule has 1 unspecified atom stereocenters. The van der Waals surface area contributed by atoms with Gasteiger partial charge in [-0.05, 0) is 12.8 Å². The molecule has 0 radical (unpaired) electrons. The molecule has 0 spiro atoms. The van der Waals surface area contributed by atoms with Crippen LogP contribution in [0.1, 0.15) is 12.8 Å². The second-order valence-corrected chi connectivity index (χ2v) is 4.68. The Kier molecular flexibility index (Phi) is 2.86. The molecule has 66 valence electrons. The van der Waals surface area contributed by atoms with Gasteiger partial charge >= 0.3 is 0 Å². The van der Waals surface area contributed by atoms with Crippen molar-refractivity contribution in [1.82, 2.24) is 4.72 Å². The quantitative estimate of drug-likeness (QED) is 0.648. The fourth-order valence-corrected chi connectivity index (χ4v) is 2.66. The molecule has 0 aromatic carbocycles. The lowest BCUT2D eigenvalue weighted by molar-refractivity contribution is 0.193. The van der Waals surface area contributed by atoms with E-state index in [4.69, 9.17) is 4.74 Å². The van der Waals surface area contributed by atoms with Gasteiger partial charge in [0.2, 0.25) is 10.0 Å². The highest BCUT2D eigenvalue weighted by Gasteiger charge is 2.29.